The summed E-state index contributed by atoms with van der Waals surface area (Å²) in [7, 11) is 2.94. The lowest BCUT2D eigenvalue weighted by atomic mass is 9.97. The van der Waals surface area contributed by atoms with Gasteiger partial charge in [-0.3, -0.25) is 18.7 Å². The quantitative estimate of drug-likeness (QED) is 0.773. The number of carbonyl (C=O) groups excluding carboxylic acids is 1. The second-order valence-electron chi connectivity index (χ2n) is 6.42. The maximum Gasteiger partial charge on any atom is 0.332 e. The maximum absolute atomic E-state index is 12.6. The van der Waals surface area contributed by atoms with Crippen molar-refractivity contribution in [3.8, 4) is 0 Å². The molecule has 1 aliphatic rings. The van der Waals surface area contributed by atoms with Gasteiger partial charge in [-0.15, -0.1) is 24.8 Å². The SMILES string of the molecule is Cl.Cl.Cn1c(=O)c2ccc(C(=O)NC3(CN)CCCC3)nc2n(C)c1=O. The topological polar surface area (TPSA) is 112 Å². The molecule has 0 radical (unpaired) electrons. The van der Waals surface area contributed by atoms with Gasteiger partial charge >= 0.3 is 5.69 Å². The molecule has 0 atom stereocenters. The number of halogens is 2. The molecule has 26 heavy (non-hydrogen) atoms. The Morgan fingerprint density at radius 2 is 1.81 bits per heavy atom. The molecule has 1 amide bonds. The van der Waals surface area contributed by atoms with Gasteiger partial charge in [0.2, 0.25) is 0 Å². The number of pyridine rings is 1. The number of hydrogen-bond donors (Lipinski definition) is 2. The van der Waals surface area contributed by atoms with Gasteiger partial charge in [0.25, 0.3) is 11.5 Å². The highest BCUT2D eigenvalue weighted by Gasteiger charge is 2.34. The van der Waals surface area contributed by atoms with Crippen LogP contribution in [-0.2, 0) is 14.1 Å². The van der Waals surface area contributed by atoms with Crippen molar-refractivity contribution in [2.45, 2.75) is 31.2 Å². The van der Waals surface area contributed by atoms with E-state index in [1.54, 1.807) is 0 Å². The van der Waals surface area contributed by atoms with Crippen molar-refractivity contribution in [2.75, 3.05) is 6.54 Å². The van der Waals surface area contributed by atoms with Gasteiger partial charge in [-0.2, -0.15) is 0 Å². The molecular weight excluding hydrogens is 381 g/mol. The Morgan fingerprint density at radius 1 is 1.19 bits per heavy atom. The molecule has 0 aromatic carbocycles. The monoisotopic (exact) mass is 403 g/mol. The maximum atomic E-state index is 12.6. The Labute approximate surface area is 162 Å². The first-order valence-electron chi connectivity index (χ1n) is 7.98. The summed E-state index contributed by atoms with van der Waals surface area (Å²) in [6, 6.07) is 3.03. The predicted octanol–water partition coefficient (Wildman–Crippen LogP) is 0.477. The van der Waals surface area contributed by atoms with Gasteiger partial charge in [0, 0.05) is 20.6 Å². The molecule has 8 nitrogen and oxygen atoms in total. The summed E-state index contributed by atoms with van der Waals surface area (Å²) < 4.78 is 2.29. The van der Waals surface area contributed by atoms with E-state index in [0.717, 1.165) is 30.3 Å². The number of carbonyl (C=O) groups is 1. The molecule has 2 aromatic heterocycles. The van der Waals surface area contributed by atoms with Crippen LogP contribution in [0, 0.1) is 0 Å². The lowest BCUT2D eigenvalue weighted by molar-refractivity contribution is 0.0898. The van der Waals surface area contributed by atoms with E-state index in [2.05, 4.69) is 10.3 Å². The second kappa shape index (κ2) is 8.20. The third kappa shape index (κ3) is 3.62. The molecule has 0 unspecified atom stereocenters. The van der Waals surface area contributed by atoms with Crippen LogP contribution in [0.2, 0.25) is 0 Å². The van der Waals surface area contributed by atoms with Crippen LogP contribution in [-0.4, -0.2) is 32.1 Å². The smallest absolute Gasteiger partial charge is 0.332 e. The highest BCUT2D eigenvalue weighted by Crippen LogP contribution is 2.28. The average Bonchev–Trinajstić information content (AvgIpc) is 3.06. The first-order valence-corrected chi connectivity index (χ1v) is 7.98. The van der Waals surface area contributed by atoms with Gasteiger partial charge in [-0.25, -0.2) is 9.78 Å². The van der Waals surface area contributed by atoms with E-state index < -0.39 is 11.2 Å². The fraction of sp³-hybridized carbons (Fsp3) is 0.500. The van der Waals surface area contributed by atoms with Crippen molar-refractivity contribution in [3.05, 3.63) is 38.7 Å². The third-order valence-corrected chi connectivity index (χ3v) is 4.86. The van der Waals surface area contributed by atoms with E-state index in [4.69, 9.17) is 5.73 Å². The van der Waals surface area contributed by atoms with Crippen LogP contribution in [0.15, 0.2) is 21.7 Å². The predicted molar refractivity (Wildman–Crippen MR) is 104 cm³/mol. The minimum Gasteiger partial charge on any atom is -0.344 e. The minimum absolute atomic E-state index is 0. The van der Waals surface area contributed by atoms with Crippen LogP contribution in [0.1, 0.15) is 36.2 Å². The van der Waals surface area contributed by atoms with Crippen LogP contribution >= 0.6 is 24.8 Å². The van der Waals surface area contributed by atoms with Crippen molar-refractivity contribution in [2.24, 2.45) is 19.8 Å². The zero-order valence-corrected chi connectivity index (χ0v) is 16.3. The van der Waals surface area contributed by atoms with Crippen LogP contribution in [0.25, 0.3) is 11.0 Å². The summed E-state index contributed by atoms with van der Waals surface area (Å²) in [6.45, 7) is 0.380. The summed E-state index contributed by atoms with van der Waals surface area (Å²) in [4.78, 5) is 41.0. The molecule has 144 valence electrons. The van der Waals surface area contributed by atoms with Crippen molar-refractivity contribution in [1.82, 2.24) is 19.4 Å². The summed E-state index contributed by atoms with van der Waals surface area (Å²) in [5, 5.41) is 3.28. The number of fused-ring (bicyclic) bond motifs is 1. The molecule has 1 fully saturated rings. The first kappa shape index (κ1) is 22.1. The summed E-state index contributed by atoms with van der Waals surface area (Å²) >= 11 is 0. The Bertz CT molecular complexity index is 932. The van der Waals surface area contributed by atoms with Crippen LogP contribution in [0.5, 0.6) is 0 Å². The van der Waals surface area contributed by atoms with Gasteiger partial charge in [-0.1, -0.05) is 12.8 Å². The first-order chi connectivity index (χ1) is 11.4. The van der Waals surface area contributed by atoms with Gasteiger partial charge in [0.15, 0.2) is 0 Å². The number of hydrogen-bond acceptors (Lipinski definition) is 5. The molecule has 0 bridgehead atoms. The molecule has 0 aliphatic heterocycles. The Kier molecular flexibility index (Phi) is 6.98. The molecule has 10 heteroatoms. The van der Waals surface area contributed by atoms with Crippen molar-refractivity contribution >= 4 is 41.8 Å². The third-order valence-electron chi connectivity index (χ3n) is 4.86. The number of nitrogens with one attached hydrogen (secondary N) is 1. The number of amides is 1. The molecule has 2 aromatic rings. The Balaban J connectivity index is 0.00000169. The lowest BCUT2D eigenvalue weighted by Gasteiger charge is -2.28. The van der Waals surface area contributed by atoms with E-state index in [0.29, 0.717) is 11.9 Å². The number of rotatable bonds is 3. The molecule has 0 saturated heterocycles. The fourth-order valence-corrected chi connectivity index (χ4v) is 3.32. The number of aromatic nitrogens is 3. The number of aryl methyl sites for hydroxylation is 1. The number of nitrogens with zero attached hydrogens (tertiary/aromatic N) is 3. The minimum atomic E-state index is -0.480. The average molecular weight is 404 g/mol. The molecule has 3 rings (SSSR count). The molecule has 2 heterocycles. The standard InChI is InChI=1S/C16H21N5O3.2ClH/c1-20-12-10(14(23)21(2)15(20)24)5-6-11(18-12)13(22)19-16(9-17)7-3-4-8-16;;/h5-6H,3-4,7-9,17H2,1-2H3,(H,19,22);2*1H. The largest absolute Gasteiger partial charge is 0.344 e. The second-order valence-corrected chi connectivity index (χ2v) is 6.42. The van der Waals surface area contributed by atoms with Crippen LogP contribution in [0.4, 0.5) is 0 Å². The van der Waals surface area contributed by atoms with Gasteiger partial charge in [0.1, 0.15) is 11.3 Å². The van der Waals surface area contributed by atoms with Gasteiger partial charge in [-0.05, 0) is 25.0 Å². The normalized spacial score (nSPS) is 15.2. The molecule has 1 saturated carbocycles. The Hall–Kier alpha value is -1.90. The number of nitrogens with two attached hydrogens (primary N) is 1. The van der Waals surface area contributed by atoms with E-state index in [1.165, 1.54) is 30.8 Å². The van der Waals surface area contributed by atoms with E-state index >= 15 is 0 Å². The summed E-state index contributed by atoms with van der Waals surface area (Å²) in [5.41, 5.74) is 4.92. The highest BCUT2D eigenvalue weighted by atomic mass is 35.5. The lowest BCUT2D eigenvalue weighted by Crippen LogP contribution is -2.51. The van der Waals surface area contributed by atoms with Crippen molar-refractivity contribution in [1.29, 1.82) is 0 Å². The Morgan fingerprint density at radius 3 is 2.38 bits per heavy atom. The summed E-state index contributed by atoms with van der Waals surface area (Å²) in [5.74, 6) is -0.336. The van der Waals surface area contributed by atoms with E-state index in [9.17, 15) is 14.4 Å². The molecule has 1 aliphatic carbocycles. The van der Waals surface area contributed by atoms with Crippen molar-refractivity contribution < 1.29 is 4.79 Å². The van der Waals surface area contributed by atoms with Crippen LogP contribution < -0.4 is 22.3 Å². The zero-order valence-electron chi connectivity index (χ0n) is 14.7. The highest BCUT2D eigenvalue weighted by molar-refractivity contribution is 5.94. The molecule has 0 spiro atoms. The molecular formula is C16H23Cl2N5O3. The van der Waals surface area contributed by atoms with Gasteiger partial charge in [0.05, 0.1) is 10.9 Å². The molecule has 3 N–H and O–H groups in total. The van der Waals surface area contributed by atoms with E-state index in [1.807, 2.05) is 0 Å². The fourth-order valence-electron chi connectivity index (χ4n) is 3.32. The van der Waals surface area contributed by atoms with Crippen LogP contribution in [0.3, 0.4) is 0 Å². The van der Waals surface area contributed by atoms with E-state index in [-0.39, 0.29) is 47.6 Å². The zero-order chi connectivity index (χ0) is 17.5. The van der Waals surface area contributed by atoms with Crippen molar-refractivity contribution in [3.63, 3.8) is 0 Å². The van der Waals surface area contributed by atoms with Gasteiger partial charge < -0.3 is 11.1 Å². The summed E-state index contributed by atoms with van der Waals surface area (Å²) in [6.07, 6.45) is 3.77.